The Kier molecular flexibility index (Phi) is 3.76. The lowest BCUT2D eigenvalue weighted by Gasteiger charge is -2.10. The van der Waals surface area contributed by atoms with Crippen molar-refractivity contribution in [2.45, 2.75) is 11.8 Å². The van der Waals surface area contributed by atoms with Crippen LogP contribution in [0.4, 0.5) is 17.2 Å². The second kappa shape index (κ2) is 5.37. The number of nitro groups is 1. The van der Waals surface area contributed by atoms with Crippen molar-refractivity contribution in [1.82, 2.24) is 4.98 Å². The highest BCUT2D eigenvalue weighted by molar-refractivity contribution is 7.92. The second-order valence-corrected chi connectivity index (χ2v) is 5.93. The minimum Gasteiger partial charge on any atom is -0.384 e. The topological polar surface area (TPSA) is 128 Å². The third-order valence-electron chi connectivity index (χ3n) is 2.71. The maximum absolute atomic E-state index is 12.3. The number of non-ortho nitro benzene ring substituents is 1. The van der Waals surface area contributed by atoms with Crippen LogP contribution in [-0.2, 0) is 10.0 Å². The molecule has 0 saturated carbocycles. The number of pyridine rings is 1. The molecule has 1 heterocycles. The second-order valence-electron chi connectivity index (χ2n) is 4.28. The van der Waals surface area contributed by atoms with E-state index in [0.717, 1.165) is 6.07 Å². The molecule has 1 aromatic heterocycles. The number of aromatic nitrogens is 1. The summed E-state index contributed by atoms with van der Waals surface area (Å²) in [4.78, 5) is 13.7. The molecule has 21 heavy (non-hydrogen) atoms. The standard InChI is InChI=1S/C12H12N4O4S/c1-8-2-4-10(16(17)18)6-11(8)21(19,20)15-9-3-5-12(13)14-7-9/h2-7,15H,1H3,(H2,13,14). The SMILES string of the molecule is Cc1ccc([N+](=O)[O-])cc1S(=O)(=O)Nc1ccc(N)nc1. The van der Waals surface area contributed by atoms with Gasteiger partial charge in [0.1, 0.15) is 5.82 Å². The van der Waals surface area contributed by atoms with Gasteiger partial charge in [0.05, 0.1) is 21.7 Å². The molecule has 0 bridgehead atoms. The Morgan fingerprint density at radius 3 is 2.57 bits per heavy atom. The molecule has 1 aromatic carbocycles. The predicted octanol–water partition coefficient (Wildman–Crippen LogP) is 1.68. The van der Waals surface area contributed by atoms with E-state index in [9.17, 15) is 18.5 Å². The molecule has 3 N–H and O–H groups in total. The lowest BCUT2D eigenvalue weighted by molar-refractivity contribution is -0.385. The van der Waals surface area contributed by atoms with Gasteiger partial charge in [-0.15, -0.1) is 0 Å². The van der Waals surface area contributed by atoms with E-state index in [1.807, 2.05) is 0 Å². The molecule has 0 fully saturated rings. The number of nitrogen functional groups attached to an aromatic ring is 1. The van der Waals surface area contributed by atoms with Crippen molar-refractivity contribution in [1.29, 1.82) is 0 Å². The summed E-state index contributed by atoms with van der Waals surface area (Å²) in [6, 6.07) is 6.54. The van der Waals surface area contributed by atoms with Crippen LogP contribution in [0.3, 0.4) is 0 Å². The highest BCUT2D eigenvalue weighted by atomic mass is 32.2. The largest absolute Gasteiger partial charge is 0.384 e. The number of hydrogen-bond donors (Lipinski definition) is 2. The van der Waals surface area contributed by atoms with E-state index in [-0.39, 0.29) is 22.1 Å². The number of hydrogen-bond acceptors (Lipinski definition) is 6. The molecule has 0 spiro atoms. The Morgan fingerprint density at radius 1 is 1.29 bits per heavy atom. The van der Waals surface area contributed by atoms with Crippen LogP contribution in [0.2, 0.25) is 0 Å². The molecule has 0 aliphatic rings. The number of nitrogens with two attached hydrogens (primary N) is 1. The number of sulfonamides is 1. The lowest BCUT2D eigenvalue weighted by Crippen LogP contribution is -2.14. The van der Waals surface area contributed by atoms with Crippen molar-refractivity contribution in [3.63, 3.8) is 0 Å². The molecule has 0 amide bonds. The first-order chi connectivity index (χ1) is 9.79. The molecule has 2 aromatic rings. The van der Waals surface area contributed by atoms with Gasteiger partial charge in [-0.3, -0.25) is 14.8 Å². The number of aryl methyl sites for hydroxylation is 1. The summed E-state index contributed by atoms with van der Waals surface area (Å²) in [6.45, 7) is 1.56. The van der Waals surface area contributed by atoms with E-state index in [1.54, 1.807) is 6.92 Å². The van der Waals surface area contributed by atoms with E-state index in [4.69, 9.17) is 5.73 Å². The maximum Gasteiger partial charge on any atom is 0.270 e. The van der Waals surface area contributed by atoms with Crippen LogP contribution in [0.25, 0.3) is 0 Å². The Hall–Kier alpha value is -2.68. The number of nitrogens with one attached hydrogen (secondary N) is 1. The molecule has 0 aliphatic heterocycles. The third-order valence-corrected chi connectivity index (χ3v) is 4.23. The first-order valence-corrected chi connectivity index (χ1v) is 7.27. The number of nitro benzene ring substituents is 1. The fraction of sp³-hybridized carbons (Fsp3) is 0.0833. The smallest absolute Gasteiger partial charge is 0.270 e. The van der Waals surface area contributed by atoms with Crippen molar-refractivity contribution in [2.24, 2.45) is 0 Å². The van der Waals surface area contributed by atoms with E-state index >= 15 is 0 Å². The van der Waals surface area contributed by atoms with Crippen molar-refractivity contribution < 1.29 is 13.3 Å². The fourth-order valence-electron chi connectivity index (χ4n) is 1.67. The summed E-state index contributed by atoms with van der Waals surface area (Å²) in [5.74, 6) is 0.254. The zero-order chi connectivity index (χ0) is 15.6. The Balaban J connectivity index is 2.41. The van der Waals surface area contributed by atoms with E-state index in [0.29, 0.717) is 5.56 Å². The van der Waals surface area contributed by atoms with Crippen molar-refractivity contribution in [3.05, 3.63) is 52.2 Å². The first kappa shape index (κ1) is 14.7. The van der Waals surface area contributed by atoms with E-state index in [2.05, 4.69) is 9.71 Å². The van der Waals surface area contributed by atoms with Crippen LogP contribution in [0.5, 0.6) is 0 Å². The average Bonchev–Trinajstić information content (AvgIpc) is 2.41. The zero-order valence-corrected chi connectivity index (χ0v) is 11.8. The zero-order valence-electron chi connectivity index (χ0n) is 11.0. The predicted molar refractivity (Wildman–Crippen MR) is 77.3 cm³/mol. The van der Waals surface area contributed by atoms with Crippen molar-refractivity contribution >= 4 is 27.2 Å². The number of rotatable bonds is 4. The molecular weight excluding hydrogens is 296 g/mol. The molecule has 0 aliphatic carbocycles. The molecule has 0 radical (unpaired) electrons. The van der Waals surface area contributed by atoms with Gasteiger partial charge in [-0.2, -0.15) is 0 Å². The number of anilines is 2. The molecule has 0 saturated heterocycles. The molecule has 2 rings (SSSR count). The average molecular weight is 308 g/mol. The third kappa shape index (κ3) is 3.26. The van der Waals surface area contributed by atoms with Crippen LogP contribution in [-0.4, -0.2) is 18.3 Å². The van der Waals surface area contributed by atoms with E-state index < -0.39 is 14.9 Å². The maximum atomic E-state index is 12.3. The quantitative estimate of drug-likeness (QED) is 0.653. The summed E-state index contributed by atoms with van der Waals surface area (Å²) >= 11 is 0. The van der Waals surface area contributed by atoms with Gasteiger partial charge in [-0.1, -0.05) is 6.07 Å². The van der Waals surface area contributed by atoms with Gasteiger partial charge in [0, 0.05) is 12.1 Å². The number of benzene rings is 1. The van der Waals surface area contributed by atoms with Gasteiger partial charge in [-0.25, -0.2) is 13.4 Å². The number of nitrogens with zero attached hydrogens (tertiary/aromatic N) is 2. The van der Waals surface area contributed by atoms with E-state index in [1.165, 1.54) is 30.5 Å². The minimum absolute atomic E-state index is 0.159. The summed E-state index contributed by atoms with van der Waals surface area (Å²) in [5, 5.41) is 10.8. The van der Waals surface area contributed by atoms with Crippen LogP contribution in [0.15, 0.2) is 41.4 Å². The summed E-state index contributed by atoms with van der Waals surface area (Å²) in [7, 11) is -3.95. The Labute approximate surface area is 120 Å². The molecular formula is C12H12N4O4S. The molecule has 8 nitrogen and oxygen atoms in total. The summed E-state index contributed by atoms with van der Waals surface area (Å²) < 4.78 is 26.9. The van der Waals surface area contributed by atoms with Crippen LogP contribution in [0, 0.1) is 17.0 Å². The van der Waals surface area contributed by atoms with Gasteiger partial charge in [0.25, 0.3) is 15.7 Å². The fourth-order valence-corrected chi connectivity index (χ4v) is 2.98. The highest BCUT2D eigenvalue weighted by Crippen LogP contribution is 2.23. The molecule has 0 unspecified atom stereocenters. The van der Waals surface area contributed by atoms with Gasteiger partial charge in [0.15, 0.2) is 0 Å². The first-order valence-electron chi connectivity index (χ1n) is 5.79. The molecule has 0 atom stereocenters. The van der Waals surface area contributed by atoms with Gasteiger partial charge in [-0.05, 0) is 24.6 Å². The molecule has 110 valence electrons. The van der Waals surface area contributed by atoms with Gasteiger partial charge in [0.2, 0.25) is 0 Å². The van der Waals surface area contributed by atoms with Crippen molar-refractivity contribution in [2.75, 3.05) is 10.5 Å². The molecule has 9 heteroatoms. The summed E-state index contributed by atoms with van der Waals surface area (Å²) in [6.07, 6.45) is 1.26. The minimum atomic E-state index is -3.95. The highest BCUT2D eigenvalue weighted by Gasteiger charge is 2.20. The normalized spacial score (nSPS) is 11.1. The van der Waals surface area contributed by atoms with Crippen LogP contribution >= 0.6 is 0 Å². The lowest BCUT2D eigenvalue weighted by atomic mass is 10.2. The van der Waals surface area contributed by atoms with Gasteiger partial charge >= 0.3 is 0 Å². The summed E-state index contributed by atoms with van der Waals surface area (Å²) in [5.41, 5.74) is 5.74. The van der Waals surface area contributed by atoms with Crippen molar-refractivity contribution in [3.8, 4) is 0 Å². The monoisotopic (exact) mass is 308 g/mol. The Bertz CT molecular complexity index is 787. The van der Waals surface area contributed by atoms with Gasteiger partial charge < -0.3 is 5.73 Å². The van der Waals surface area contributed by atoms with Crippen LogP contribution < -0.4 is 10.5 Å². The Morgan fingerprint density at radius 2 is 2.00 bits per heavy atom. The van der Waals surface area contributed by atoms with Crippen LogP contribution in [0.1, 0.15) is 5.56 Å².